The number of hydrogen-bond donors (Lipinski definition) is 0. The highest BCUT2D eigenvalue weighted by Crippen LogP contribution is 2.45. The number of benzene rings is 8. The van der Waals surface area contributed by atoms with Gasteiger partial charge in [0.25, 0.3) is 0 Å². The van der Waals surface area contributed by atoms with Crippen LogP contribution in [0.25, 0.3) is 71.7 Å². The van der Waals surface area contributed by atoms with E-state index in [1.165, 1.54) is 44.1 Å². The van der Waals surface area contributed by atoms with E-state index in [4.69, 9.17) is 4.42 Å². The van der Waals surface area contributed by atoms with Crippen LogP contribution in [0.2, 0.25) is 0 Å². The van der Waals surface area contributed by atoms with Crippen LogP contribution in [0.5, 0.6) is 0 Å². The van der Waals surface area contributed by atoms with E-state index in [1.807, 2.05) is 12.1 Å². The number of furan rings is 1. The van der Waals surface area contributed by atoms with E-state index in [0.717, 1.165) is 44.7 Å². The van der Waals surface area contributed by atoms with Gasteiger partial charge in [-0.1, -0.05) is 127 Å². The highest BCUT2D eigenvalue weighted by molar-refractivity contribution is 6.15. The Labute approximate surface area is 295 Å². The Hall–Kier alpha value is -6.84. The van der Waals surface area contributed by atoms with Gasteiger partial charge < -0.3 is 13.9 Å². The molecule has 3 heteroatoms. The molecule has 0 saturated carbocycles. The van der Waals surface area contributed by atoms with Crippen molar-refractivity contribution >= 4 is 60.8 Å². The Morgan fingerprint density at radius 1 is 0.373 bits per heavy atom. The van der Waals surface area contributed by atoms with Crippen molar-refractivity contribution in [1.82, 2.24) is 4.57 Å². The number of aromatic nitrogens is 1. The van der Waals surface area contributed by atoms with Gasteiger partial charge in [-0.25, -0.2) is 0 Å². The average Bonchev–Trinajstić information content (AvgIpc) is 3.75. The number of para-hydroxylation sites is 2. The Balaban J connectivity index is 1.17. The lowest BCUT2D eigenvalue weighted by atomic mass is 10.0. The number of nitrogens with zero attached hydrogens (tertiary/aromatic N) is 2. The molecule has 0 saturated heterocycles. The van der Waals surface area contributed by atoms with Gasteiger partial charge in [-0.2, -0.15) is 0 Å². The number of rotatable bonds is 6. The molecule has 0 aliphatic rings. The summed E-state index contributed by atoms with van der Waals surface area (Å²) in [4.78, 5) is 2.37. The van der Waals surface area contributed by atoms with Gasteiger partial charge in [0.05, 0.1) is 22.1 Å². The molecular weight excluding hydrogens is 621 g/mol. The molecule has 0 fully saturated rings. The Kier molecular flexibility index (Phi) is 6.81. The minimum Gasteiger partial charge on any atom is -0.456 e. The van der Waals surface area contributed by atoms with Crippen LogP contribution in [0.4, 0.5) is 17.1 Å². The van der Waals surface area contributed by atoms with Gasteiger partial charge in [0, 0.05) is 33.2 Å². The zero-order valence-corrected chi connectivity index (χ0v) is 27.8. The van der Waals surface area contributed by atoms with E-state index in [-0.39, 0.29) is 0 Å². The van der Waals surface area contributed by atoms with Crippen LogP contribution in [0.3, 0.4) is 0 Å². The maximum atomic E-state index is 6.38. The molecule has 51 heavy (non-hydrogen) atoms. The first-order chi connectivity index (χ1) is 25.3. The number of hydrogen-bond acceptors (Lipinski definition) is 2. The van der Waals surface area contributed by atoms with E-state index < -0.39 is 0 Å². The summed E-state index contributed by atoms with van der Waals surface area (Å²) in [5.74, 6) is 0. The fraction of sp³-hybridized carbons (Fsp3) is 0. The Morgan fingerprint density at radius 3 is 1.65 bits per heavy atom. The molecule has 2 aromatic heterocycles. The molecule has 0 spiro atoms. The SMILES string of the molecule is c1ccc(-c2ccc(N(c3ccc4c(c3)c3ccccc3n4-c3ccc(-c4ccccc4)cc3)c3cccc4oc5ccccc5c34)cc2)cc1. The molecule has 10 aromatic rings. The van der Waals surface area contributed by atoms with Crippen LogP contribution in [0.15, 0.2) is 199 Å². The number of anilines is 3. The maximum absolute atomic E-state index is 6.38. The zero-order valence-electron chi connectivity index (χ0n) is 27.8. The normalized spacial score (nSPS) is 11.5. The molecule has 2 heterocycles. The molecular formula is C48H32N2O. The van der Waals surface area contributed by atoms with E-state index in [9.17, 15) is 0 Å². The zero-order chi connectivity index (χ0) is 33.7. The second-order valence-corrected chi connectivity index (χ2v) is 13.0. The van der Waals surface area contributed by atoms with Gasteiger partial charge in [-0.05, 0) is 89.0 Å². The summed E-state index contributed by atoms with van der Waals surface area (Å²) < 4.78 is 8.76. The van der Waals surface area contributed by atoms with E-state index in [0.29, 0.717) is 0 Å². The molecule has 3 nitrogen and oxygen atoms in total. The van der Waals surface area contributed by atoms with E-state index >= 15 is 0 Å². The molecule has 0 aliphatic heterocycles. The number of fused-ring (bicyclic) bond motifs is 6. The minimum atomic E-state index is 0.872. The second kappa shape index (κ2) is 11.9. The van der Waals surface area contributed by atoms with Crippen molar-refractivity contribution in [2.45, 2.75) is 0 Å². The van der Waals surface area contributed by atoms with Crippen LogP contribution >= 0.6 is 0 Å². The van der Waals surface area contributed by atoms with Crippen LogP contribution < -0.4 is 4.90 Å². The van der Waals surface area contributed by atoms with Crippen molar-refractivity contribution in [2.75, 3.05) is 4.90 Å². The molecule has 8 aromatic carbocycles. The van der Waals surface area contributed by atoms with Crippen LogP contribution in [-0.4, -0.2) is 4.57 Å². The third-order valence-electron chi connectivity index (χ3n) is 10.0. The van der Waals surface area contributed by atoms with Crippen molar-refractivity contribution in [3.05, 3.63) is 194 Å². The van der Waals surface area contributed by atoms with E-state index in [2.05, 4.69) is 191 Å². The quantitative estimate of drug-likeness (QED) is 0.178. The van der Waals surface area contributed by atoms with Gasteiger partial charge in [0.2, 0.25) is 0 Å². The van der Waals surface area contributed by atoms with Crippen LogP contribution in [-0.2, 0) is 0 Å². The minimum absolute atomic E-state index is 0.872. The van der Waals surface area contributed by atoms with Crippen LogP contribution in [0.1, 0.15) is 0 Å². The summed E-state index contributed by atoms with van der Waals surface area (Å²) >= 11 is 0. The smallest absolute Gasteiger partial charge is 0.137 e. The molecule has 0 bridgehead atoms. The molecule has 0 amide bonds. The van der Waals surface area contributed by atoms with E-state index in [1.54, 1.807) is 0 Å². The fourth-order valence-electron chi connectivity index (χ4n) is 7.61. The highest BCUT2D eigenvalue weighted by atomic mass is 16.3. The van der Waals surface area contributed by atoms with Crippen molar-refractivity contribution in [1.29, 1.82) is 0 Å². The van der Waals surface area contributed by atoms with Gasteiger partial charge in [0.15, 0.2) is 0 Å². The summed E-state index contributed by atoms with van der Waals surface area (Å²) in [7, 11) is 0. The van der Waals surface area contributed by atoms with Crippen molar-refractivity contribution < 1.29 is 4.42 Å². The summed E-state index contributed by atoms with van der Waals surface area (Å²) in [6.07, 6.45) is 0. The second-order valence-electron chi connectivity index (χ2n) is 13.0. The topological polar surface area (TPSA) is 21.3 Å². The lowest BCUT2D eigenvalue weighted by Gasteiger charge is -2.26. The third-order valence-corrected chi connectivity index (χ3v) is 10.0. The molecule has 0 radical (unpaired) electrons. The summed E-state index contributed by atoms with van der Waals surface area (Å²) in [5, 5.41) is 4.62. The monoisotopic (exact) mass is 652 g/mol. The molecule has 0 aliphatic carbocycles. The Morgan fingerprint density at radius 2 is 0.922 bits per heavy atom. The maximum Gasteiger partial charge on any atom is 0.137 e. The van der Waals surface area contributed by atoms with Gasteiger partial charge >= 0.3 is 0 Å². The van der Waals surface area contributed by atoms with Crippen molar-refractivity contribution in [3.8, 4) is 27.9 Å². The third kappa shape index (κ3) is 4.90. The average molecular weight is 653 g/mol. The van der Waals surface area contributed by atoms with Gasteiger partial charge in [-0.15, -0.1) is 0 Å². The van der Waals surface area contributed by atoms with Crippen molar-refractivity contribution in [2.24, 2.45) is 0 Å². The molecule has 0 atom stereocenters. The van der Waals surface area contributed by atoms with Crippen molar-refractivity contribution in [3.63, 3.8) is 0 Å². The first-order valence-corrected chi connectivity index (χ1v) is 17.4. The highest BCUT2D eigenvalue weighted by Gasteiger charge is 2.21. The largest absolute Gasteiger partial charge is 0.456 e. The first-order valence-electron chi connectivity index (χ1n) is 17.4. The summed E-state index contributed by atoms with van der Waals surface area (Å²) in [6.45, 7) is 0. The van der Waals surface area contributed by atoms with Gasteiger partial charge in [0.1, 0.15) is 11.2 Å². The summed E-state index contributed by atoms with van der Waals surface area (Å²) in [5.41, 5.74) is 13.3. The predicted octanol–water partition coefficient (Wildman–Crippen LogP) is 13.5. The standard InChI is InChI=1S/C48H32N2O/c1-3-12-33(13-4-1)35-22-26-37(27-23-35)49(45-19-11-21-47-48(45)41-17-8-10-20-46(41)51-47)39-30-31-44-42(32-39)40-16-7-9-18-43(40)50(44)38-28-24-36(25-29-38)34-14-5-2-6-15-34/h1-32H. The summed E-state index contributed by atoms with van der Waals surface area (Å²) in [6, 6.07) is 69.1. The Bertz CT molecular complexity index is 2830. The van der Waals surface area contributed by atoms with Gasteiger partial charge in [-0.3, -0.25) is 0 Å². The fourth-order valence-corrected chi connectivity index (χ4v) is 7.61. The van der Waals surface area contributed by atoms with Crippen LogP contribution in [0, 0.1) is 0 Å². The lowest BCUT2D eigenvalue weighted by molar-refractivity contribution is 0.669. The lowest BCUT2D eigenvalue weighted by Crippen LogP contribution is -2.10. The molecule has 10 rings (SSSR count). The molecule has 0 unspecified atom stereocenters. The molecule has 0 N–H and O–H groups in total. The molecule has 240 valence electrons. The predicted molar refractivity (Wildman–Crippen MR) is 214 cm³/mol. The first kappa shape index (κ1) is 29.1.